The summed E-state index contributed by atoms with van der Waals surface area (Å²) in [5.74, 6) is 7.02. The summed E-state index contributed by atoms with van der Waals surface area (Å²) in [6.45, 7) is 4.37. The fraction of sp³-hybridized carbons (Fsp3) is 0.263. The predicted octanol–water partition coefficient (Wildman–Crippen LogP) is 1.50. The molecule has 4 rings (SSSR count). The zero-order chi connectivity index (χ0) is 20.4. The summed E-state index contributed by atoms with van der Waals surface area (Å²) in [5.41, 5.74) is 1.75. The number of benzene rings is 1. The van der Waals surface area contributed by atoms with Crippen LogP contribution in [0.5, 0.6) is 0 Å². The summed E-state index contributed by atoms with van der Waals surface area (Å²) < 4.78 is 7.18. The van der Waals surface area contributed by atoms with Gasteiger partial charge in [0.1, 0.15) is 17.5 Å². The lowest BCUT2D eigenvalue weighted by molar-refractivity contribution is 0.102. The van der Waals surface area contributed by atoms with E-state index >= 15 is 0 Å². The van der Waals surface area contributed by atoms with Crippen LogP contribution in [0.4, 0.5) is 17.3 Å². The normalized spacial score (nSPS) is 14.1. The van der Waals surface area contributed by atoms with Gasteiger partial charge in [0.05, 0.1) is 25.1 Å². The van der Waals surface area contributed by atoms with Crippen molar-refractivity contribution in [1.82, 2.24) is 14.6 Å². The highest BCUT2D eigenvalue weighted by Gasteiger charge is 2.18. The van der Waals surface area contributed by atoms with E-state index in [9.17, 15) is 4.79 Å². The van der Waals surface area contributed by atoms with Gasteiger partial charge in [0.2, 0.25) is 0 Å². The number of nitrogens with one attached hydrogen (secondary N) is 2. The van der Waals surface area contributed by atoms with Gasteiger partial charge in [-0.05, 0) is 31.2 Å². The van der Waals surface area contributed by atoms with Crippen LogP contribution in [0.3, 0.4) is 0 Å². The fourth-order valence-electron chi connectivity index (χ4n) is 3.13. The molecule has 1 aliphatic heterocycles. The van der Waals surface area contributed by atoms with Gasteiger partial charge in [-0.25, -0.2) is 10.8 Å². The minimum Gasteiger partial charge on any atom is -0.378 e. The van der Waals surface area contributed by atoms with Crippen molar-refractivity contribution in [2.24, 2.45) is 5.84 Å². The van der Waals surface area contributed by atoms with Crippen LogP contribution < -0.4 is 21.1 Å². The third-order valence-corrected chi connectivity index (χ3v) is 4.69. The predicted molar refractivity (Wildman–Crippen MR) is 110 cm³/mol. The number of anilines is 3. The van der Waals surface area contributed by atoms with Crippen molar-refractivity contribution in [3.63, 3.8) is 0 Å². The van der Waals surface area contributed by atoms with Crippen molar-refractivity contribution in [2.75, 3.05) is 41.5 Å². The van der Waals surface area contributed by atoms with Crippen LogP contribution in [0.2, 0.25) is 0 Å². The second kappa shape index (κ2) is 7.86. The number of fused-ring (bicyclic) bond motifs is 1. The van der Waals surface area contributed by atoms with Crippen molar-refractivity contribution in [2.45, 2.75) is 6.92 Å². The number of nitrogens with zero attached hydrogens (tertiary/aromatic N) is 5. The first-order valence-corrected chi connectivity index (χ1v) is 9.22. The number of amides is 1. The molecule has 0 aliphatic carbocycles. The summed E-state index contributed by atoms with van der Waals surface area (Å²) >= 11 is 0. The maximum atomic E-state index is 12.7. The standard InChI is InChI=1S/C19H22N8O2/c1-13(20)26(21)15-4-2-14(3-5-15)19(28)24-16-12-18(25-8-10-29-11-9-25)27-17(23-16)6-7-22-27/h2-7,12,20H,8-11,21H2,1H3,(H,23,24,28). The monoisotopic (exact) mass is 394 g/mol. The van der Waals surface area contributed by atoms with Gasteiger partial charge in [-0.15, -0.1) is 0 Å². The quantitative estimate of drug-likeness (QED) is 0.265. The highest BCUT2D eigenvalue weighted by atomic mass is 16.5. The summed E-state index contributed by atoms with van der Waals surface area (Å²) in [5, 5.41) is 16.0. The molecule has 10 nitrogen and oxygen atoms in total. The Morgan fingerprint density at radius 3 is 2.66 bits per heavy atom. The number of nitrogens with two attached hydrogens (primary N) is 1. The van der Waals surface area contributed by atoms with Crippen LogP contribution in [0, 0.1) is 5.41 Å². The molecule has 10 heteroatoms. The van der Waals surface area contributed by atoms with Gasteiger partial charge in [-0.2, -0.15) is 9.61 Å². The van der Waals surface area contributed by atoms with E-state index in [2.05, 4.69) is 20.3 Å². The molecular formula is C19H22N8O2. The first kappa shape index (κ1) is 18.8. The molecule has 4 N–H and O–H groups in total. The molecule has 0 spiro atoms. The Kier molecular flexibility index (Phi) is 5.10. The molecular weight excluding hydrogens is 372 g/mol. The molecule has 0 atom stereocenters. The molecule has 3 aromatic rings. The van der Waals surface area contributed by atoms with Gasteiger partial charge in [0, 0.05) is 30.8 Å². The molecule has 2 aromatic heterocycles. The van der Waals surface area contributed by atoms with E-state index in [1.54, 1.807) is 48.0 Å². The number of morpholine rings is 1. The van der Waals surface area contributed by atoms with E-state index in [1.165, 1.54) is 5.01 Å². The van der Waals surface area contributed by atoms with Gasteiger partial charge in [-0.1, -0.05) is 0 Å². The third kappa shape index (κ3) is 3.89. The van der Waals surface area contributed by atoms with E-state index in [1.807, 2.05) is 6.07 Å². The summed E-state index contributed by atoms with van der Waals surface area (Å²) in [6, 6.07) is 10.3. The average molecular weight is 394 g/mol. The van der Waals surface area contributed by atoms with Crippen molar-refractivity contribution in [3.05, 3.63) is 48.2 Å². The lowest BCUT2D eigenvalue weighted by Crippen LogP contribution is -2.37. The molecule has 3 heterocycles. The topological polar surface area (TPSA) is 125 Å². The highest BCUT2D eigenvalue weighted by molar-refractivity contribution is 6.04. The number of aromatic nitrogens is 3. The maximum Gasteiger partial charge on any atom is 0.256 e. The number of hydrogen-bond acceptors (Lipinski definition) is 7. The van der Waals surface area contributed by atoms with Crippen molar-refractivity contribution in [1.29, 1.82) is 5.41 Å². The van der Waals surface area contributed by atoms with Crippen LogP contribution in [0.15, 0.2) is 42.6 Å². The molecule has 150 valence electrons. The van der Waals surface area contributed by atoms with E-state index in [-0.39, 0.29) is 11.7 Å². The highest BCUT2D eigenvalue weighted by Crippen LogP contribution is 2.22. The van der Waals surface area contributed by atoms with Crippen LogP contribution >= 0.6 is 0 Å². The Bertz CT molecular complexity index is 1040. The molecule has 1 amide bonds. The number of rotatable bonds is 4. The second-order valence-electron chi connectivity index (χ2n) is 6.66. The smallest absolute Gasteiger partial charge is 0.256 e. The minimum absolute atomic E-state index is 0.205. The van der Waals surface area contributed by atoms with Gasteiger partial charge in [-0.3, -0.25) is 15.2 Å². The summed E-state index contributed by atoms with van der Waals surface area (Å²) in [4.78, 5) is 19.3. The van der Waals surface area contributed by atoms with E-state index in [4.69, 9.17) is 16.0 Å². The van der Waals surface area contributed by atoms with Crippen LogP contribution in [0.25, 0.3) is 5.65 Å². The van der Waals surface area contributed by atoms with Crippen molar-refractivity contribution >= 4 is 34.7 Å². The fourth-order valence-corrected chi connectivity index (χ4v) is 3.13. The Hall–Kier alpha value is -3.50. The zero-order valence-corrected chi connectivity index (χ0v) is 16.0. The SMILES string of the molecule is CC(=N)N(N)c1ccc(C(=O)Nc2cc(N3CCOCC3)n3nccc3n2)cc1. The lowest BCUT2D eigenvalue weighted by Gasteiger charge is -2.29. The Balaban J connectivity index is 1.57. The van der Waals surface area contributed by atoms with Crippen molar-refractivity contribution < 1.29 is 9.53 Å². The number of hydrogen-bond donors (Lipinski definition) is 3. The van der Waals surface area contributed by atoms with Crippen LogP contribution in [-0.4, -0.2) is 52.6 Å². The number of carbonyl (C=O) groups is 1. The molecule has 1 aromatic carbocycles. The molecule has 0 unspecified atom stereocenters. The number of hydrazine groups is 1. The maximum absolute atomic E-state index is 12.7. The average Bonchev–Trinajstić information content (AvgIpc) is 3.22. The van der Waals surface area contributed by atoms with Crippen molar-refractivity contribution in [3.8, 4) is 0 Å². The Morgan fingerprint density at radius 1 is 1.24 bits per heavy atom. The lowest BCUT2D eigenvalue weighted by atomic mass is 10.2. The largest absolute Gasteiger partial charge is 0.378 e. The van der Waals surface area contributed by atoms with Crippen LogP contribution in [0.1, 0.15) is 17.3 Å². The van der Waals surface area contributed by atoms with Gasteiger partial charge < -0.3 is 15.0 Å². The third-order valence-electron chi connectivity index (χ3n) is 4.69. The molecule has 0 radical (unpaired) electrons. The van der Waals surface area contributed by atoms with Crippen LogP contribution in [-0.2, 0) is 4.74 Å². The second-order valence-corrected chi connectivity index (χ2v) is 6.66. The molecule has 0 bridgehead atoms. The molecule has 29 heavy (non-hydrogen) atoms. The molecule has 1 fully saturated rings. The molecule has 1 aliphatic rings. The zero-order valence-electron chi connectivity index (χ0n) is 16.0. The van der Waals surface area contributed by atoms with Gasteiger partial charge >= 0.3 is 0 Å². The number of ether oxygens (including phenoxy) is 1. The number of carbonyl (C=O) groups excluding carboxylic acids is 1. The number of amidine groups is 1. The summed E-state index contributed by atoms with van der Waals surface area (Å²) in [6.07, 6.45) is 1.68. The Morgan fingerprint density at radius 2 is 1.97 bits per heavy atom. The van der Waals surface area contributed by atoms with E-state index in [0.717, 1.165) is 18.9 Å². The molecule has 1 saturated heterocycles. The first-order chi connectivity index (χ1) is 14.0. The van der Waals surface area contributed by atoms with E-state index in [0.29, 0.717) is 35.9 Å². The summed E-state index contributed by atoms with van der Waals surface area (Å²) in [7, 11) is 0. The minimum atomic E-state index is -0.281. The molecule has 0 saturated carbocycles. The van der Waals surface area contributed by atoms with Gasteiger partial charge in [0.25, 0.3) is 5.91 Å². The first-order valence-electron chi connectivity index (χ1n) is 9.22. The van der Waals surface area contributed by atoms with E-state index < -0.39 is 0 Å². The Labute approximate surface area is 167 Å². The van der Waals surface area contributed by atoms with Gasteiger partial charge in [0.15, 0.2) is 5.65 Å².